The minimum Gasteiger partial charge on any atom is -0.492 e. The molecule has 3 N–H and O–H groups in total. The van der Waals surface area contributed by atoms with Crippen molar-refractivity contribution in [2.24, 2.45) is 5.73 Å². The Morgan fingerprint density at radius 3 is 2.78 bits per heavy atom. The monoisotopic (exact) mass is 250 g/mol. The van der Waals surface area contributed by atoms with Crippen LogP contribution in [0.5, 0.6) is 5.75 Å². The van der Waals surface area contributed by atoms with Crippen LogP contribution in [0.1, 0.15) is 33.1 Å². The predicted octanol–water partition coefficient (Wildman–Crippen LogP) is 2.54. The maximum absolute atomic E-state index is 11.8. The Bertz CT molecular complexity index is 380. The Balaban J connectivity index is 2.58. The lowest BCUT2D eigenvalue weighted by Gasteiger charge is -2.13. The third-order valence-electron chi connectivity index (χ3n) is 2.57. The SMILES string of the molecule is CCCC(N)CC(=O)Nc1ccccc1OCC. The molecule has 0 aliphatic rings. The van der Waals surface area contributed by atoms with Gasteiger partial charge in [0, 0.05) is 12.5 Å². The van der Waals surface area contributed by atoms with Crippen molar-refractivity contribution in [1.82, 2.24) is 0 Å². The first-order valence-corrected chi connectivity index (χ1v) is 6.44. The van der Waals surface area contributed by atoms with Crippen molar-refractivity contribution < 1.29 is 9.53 Å². The maximum atomic E-state index is 11.8. The molecular formula is C14H22N2O2. The van der Waals surface area contributed by atoms with Crippen molar-refractivity contribution >= 4 is 11.6 Å². The molecule has 0 radical (unpaired) electrons. The quantitative estimate of drug-likeness (QED) is 0.781. The lowest BCUT2D eigenvalue weighted by molar-refractivity contribution is -0.116. The summed E-state index contributed by atoms with van der Waals surface area (Å²) in [6.45, 7) is 4.54. The van der Waals surface area contributed by atoms with Crippen molar-refractivity contribution in [3.63, 3.8) is 0 Å². The fraction of sp³-hybridized carbons (Fsp3) is 0.500. The van der Waals surface area contributed by atoms with E-state index >= 15 is 0 Å². The summed E-state index contributed by atoms with van der Waals surface area (Å²) in [4.78, 5) is 11.8. The molecule has 0 saturated carbocycles. The van der Waals surface area contributed by atoms with Crippen LogP contribution in [0.15, 0.2) is 24.3 Å². The van der Waals surface area contributed by atoms with E-state index in [1.54, 1.807) is 0 Å². The fourth-order valence-corrected chi connectivity index (χ4v) is 1.76. The van der Waals surface area contributed by atoms with Crippen LogP contribution in [-0.4, -0.2) is 18.6 Å². The zero-order valence-electron chi connectivity index (χ0n) is 11.1. The number of hydrogen-bond donors (Lipinski definition) is 2. The van der Waals surface area contributed by atoms with Gasteiger partial charge in [-0.2, -0.15) is 0 Å². The van der Waals surface area contributed by atoms with E-state index in [0.717, 1.165) is 12.8 Å². The summed E-state index contributed by atoms with van der Waals surface area (Å²) in [6.07, 6.45) is 2.19. The minimum absolute atomic E-state index is 0.0666. The van der Waals surface area contributed by atoms with Gasteiger partial charge in [-0.05, 0) is 25.5 Å². The highest BCUT2D eigenvalue weighted by Crippen LogP contribution is 2.23. The summed E-state index contributed by atoms with van der Waals surface area (Å²) in [5, 5.41) is 2.84. The van der Waals surface area contributed by atoms with E-state index in [4.69, 9.17) is 10.5 Å². The molecule has 0 saturated heterocycles. The van der Waals surface area contributed by atoms with Crippen LogP contribution in [0.25, 0.3) is 0 Å². The van der Waals surface area contributed by atoms with Gasteiger partial charge in [-0.3, -0.25) is 4.79 Å². The summed E-state index contributed by atoms with van der Waals surface area (Å²) < 4.78 is 5.44. The first-order chi connectivity index (χ1) is 8.67. The third kappa shape index (κ3) is 4.75. The van der Waals surface area contributed by atoms with Crippen LogP contribution < -0.4 is 15.8 Å². The molecule has 1 aromatic carbocycles. The smallest absolute Gasteiger partial charge is 0.226 e. The fourth-order valence-electron chi connectivity index (χ4n) is 1.76. The highest BCUT2D eigenvalue weighted by molar-refractivity contribution is 5.92. The first-order valence-electron chi connectivity index (χ1n) is 6.44. The number of hydrogen-bond acceptors (Lipinski definition) is 3. The van der Waals surface area contributed by atoms with Gasteiger partial charge in [0.15, 0.2) is 0 Å². The van der Waals surface area contributed by atoms with Crippen LogP contribution in [0.4, 0.5) is 5.69 Å². The highest BCUT2D eigenvalue weighted by atomic mass is 16.5. The number of amides is 1. The highest BCUT2D eigenvalue weighted by Gasteiger charge is 2.11. The van der Waals surface area contributed by atoms with Gasteiger partial charge in [0.05, 0.1) is 12.3 Å². The van der Waals surface area contributed by atoms with Gasteiger partial charge >= 0.3 is 0 Å². The molecule has 1 aromatic rings. The third-order valence-corrected chi connectivity index (χ3v) is 2.57. The maximum Gasteiger partial charge on any atom is 0.226 e. The average molecular weight is 250 g/mol. The molecule has 1 rings (SSSR count). The van der Waals surface area contributed by atoms with Crippen molar-refractivity contribution in [1.29, 1.82) is 0 Å². The standard InChI is InChI=1S/C14H22N2O2/c1-3-7-11(15)10-14(17)16-12-8-5-6-9-13(12)18-4-2/h5-6,8-9,11H,3-4,7,10,15H2,1-2H3,(H,16,17). The molecule has 1 amide bonds. The molecule has 4 nitrogen and oxygen atoms in total. The molecule has 0 aliphatic carbocycles. The minimum atomic E-state index is -0.0748. The van der Waals surface area contributed by atoms with E-state index in [9.17, 15) is 4.79 Å². The van der Waals surface area contributed by atoms with Gasteiger partial charge < -0.3 is 15.8 Å². The number of carbonyl (C=O) groups excluding carboxylic acids is 1. The van der Waals surface area contributed by atoms with Gasteiger partial charge in [-0.1, -0.05) is 25.5 Å². The molecular weight excluding hydrogens is 228 g/mol. The number of benzene rings is 1. The van der Waals surface area contributed by atoms with Crippen molar-refractivity contribution in [2.45, 2.75) is 39.2 Å². The number of nitrogens with one attached hydrogen (secondary N) is 1. The van der Waals surface area contributed by atoms with Crippen LogP contribution >= 0.6 is 0 Å². The van der Waals surface area contributed by atoms with Gasteiger partial charge in [0.2, 0.25) is 5.91 Å². The molecule has 1 atom stereocenters. The van der Waals surface area contributed by atoms with Crippen molar-refractivity contribution in [2.75, 3.05) is 11.9 Å². The number of ether oxygens (including phenoxy) is 1. The number of nitrogens with two attached hydrogens (primary N) is 1. The normalized spacial score (nSPS) is 11.9. The van der Waals surface area contributed by atoms with E-state index in [2.05, 4.69) is 12.2 Å². The summed E-state index contributed by atoms with van der Waals surface area (Å²) >= 11 is 0. The van der Waals surface area contributed by atoms with Crippen LogP contribution in [0, 0.1) is 0 Å². The van der Waals surface area contributed by atoms with E-state index in [1.807, 2.05) is 31.2 Å². The molecule has 0 fully saturated rings. The molecule has 0 heterocycles. The summed E-state index contributed by atoms with van der Waals surface area (Å²) in [5.74, 6) is 0.625. The summed E-state index contributed by atoms with van der Waals surface area (Å²) in [5.41, 5.74) is 6.55. The molecule has 18 heavy (non-hydrogen) atoms. The Labute approximate surface area is 109 Å². The lowest BCUT2D eigenvalue weighted by Crippen LogP contribution is -2.27. The Kier molecular flexibility index (Phi) is 6.22. The van der Waals surface area contributed by atoms with Gasteiger partial charge in [0.25, 0.3) is 0 Å². The molecule has 1 unspecified atom stereocenters. The van der Waals surface area contributed by atoms with E-state index in [0.29, 0.717) is 24.5 Å². The molecule has 100 valence electrons. The number of para-hydroxylation sites is 2. The van der Waals surface area contributed by atoms with Crippen LogP contribution in [0.2, 0.25) is 0 Å². The largest absolute Gasteiger partial charge is 0.492 e. The van der Waals surface area contributed by atoms with Gasteiger partial charge in [-0.15, -0.1) is 0 Å². The van der Waals surface area contributed by atoms with Crippen LogP contribution in [-0.2, 0) is 4.79 Å². The molecule has 0 bridgehead atoms. The van der Waals surface area contributed by atoms with Crippen molar-refractivity contribution in [3.05, 3.63) is 24.3 Å². The topological polar surface area (TPSA) is 64.4 Å². The Hall–Kier alpha value is -1.55. The molecule has 4 heteroatoms. The lowest BCUT2D eigenvalue weighted by atomic mass is 10.1. The predicted molar refractivity (Wildman–Crippen MR) is 73.7 cm³/mol. The summed E-state index contributed by atoms with van der Waals surface area (Å²) in [6, 6.07) is 7.33. The second kappa shape index (κ2) is 7.71. The number of rotatable bonds is 7. The van der Waals surface area contributed by atoms with Gasteiger partial charge in [0.1, 0.15) is 5.75 Å². The van der Waals surface area contributed by atoms with Gasteiger partial charge in [-0.25, -0.2) is 0 Å². The first kappa shape index (κ1) is 14.5. The van der Waals surface area contributed by atoms with E-state index in [-0.39, 0.29) is 11.9 Å². The van der Waals surface area contributed by atoms with E-state index in [1.165, 1.54) is 0 Å². The van der Waals surface area contributed by atoms with E-state index < -0.39 is 0 Å². The zero-order chi connectivity index (χ0) is 13.4. The molecule has 0 aliphatic heterocycles. The van der Waals surface area contributed by atoms with Crippen LogP contribution in [0.3, 0.4) is 0 Å². The number of carbonyl (C=O) groups is 1. The molecule has 0 spiro atoms. The molecule has 0 aromatic heterocycles. The number of anilines is 1. The Morgan fingerprint density at radius 1 is 1.39 bits per heavy atom. The Morgan fingerprint density at radius 2 is 2.11 bits per heavy atom. The second-order valence-corrected chi connectivity index (χ2v) is 4.23. The summed E-state index contributed by atoms with van der Waals surface area (Å²) in [7, 11) is 0. The average Bonchev–Trinajstić information content (AvgIpc) is 2.32. The van der Waals surface area contributed by atoms with Crippen molar-refractivity contribution in [3.8, 4) is 5.75 Å². The zero-order valence-corrected chi connectivity index (χ0v) is 11.1. The second-order valence-electron chi connectivity index (χ2n) is 4.23.